The van der Waals surface area contributed by atoms with Crippen LogP contribution in [0.2, 0.25) is 0 Å². The molecule has 0 spiro atoms. The van der Waals surface area contributed by atoms with Crippen LogP contribution < -0.4 is 0 Å². The SMILES string of the molecule is O=C(OCBr)c1cnc2ccccc2c1. The Balaban J connectivity index is 2.42. The van der Waals surface area contributed by atoms with Crippen LogP contribution in [0.3, 0.4) is 0 Å². The molecule has 0 saturated carbocycles. The molecule has 1 heterocycles. The lowest BCUT2D eigenvalue weighted by molar-refractivity contribution is 0.0584. The van der Waals surface area contributed by atoms with Crippen LogP contribution in [0.4, 0.5) is 0 Å². The van der Waals surface area contributed by atoms with E-state index in [1.165, 1.54) is 6.20 Å². The molecule has 2 rings (SSSR count). The molecule has 0 fully saturated rings. The van der Waals surface area contributed by atoms with Gasteiger partial charge in [-0.2, -0.15) is 0 Å². The minimum atomic E-state index is -0.370. The van der Waals surface area contributed by atoms with Gasteiger partial charge in [-0.25, -0.2) is 4.79 Å². The van der Waals surface area contributed by atoms with E-state index in [0.29, 0.717) is 5.56 Å². The highest BCUT2D eigenvalue weighted by Crippen LogP contribution is 2.13. The summed E-state index contributed by atoms with van der Waals surface area (Å²) in [5.41, 5.74) is 1.53. The van der Waals surface area contributed by atoms with Gasteiger partial charge < -0.3 is 4.74 Å². The molecule has 0 atom stereocenters. The fraction of sp³-hybridized carbons (Fsp3) is 0.0909. The van der Waals surface area contributed by atoms with Crippen LogP contribution in [0, 0.1) is 0 Å². The molecule has 0 aliphatic carbocycles. The number of carbonyl (C=O) groups excluding carboxylic acids is 1. The molecule has 0 aliphatic heterocycles. The molecule has 1 aromatic carbocycles. The molecule has 0 radical (unpaired) electrons. The highest BCUT2D eigenvalue weighted by Gasteiger charge is 2.07. The van der Waals surface area contributed by atoms with Crippen molar-refractivity contribution in [2.45, 2.75) is 0 Å². The third-order valence-corrected chi connectivity index (χ3v) is 2.24. The first kappa shape index (κ1) is 10.1. The molecule has 2 aromatic rings. The monoisotopic (exact) mass is 265 g/mol. The Kier molecular flexibility index (Phi) is 2.97. The summed E-state index contributed by atoms with van der Waals surface area (Å²) in [6.45, 7) is 0. The van der Waals surface area contributed by atoms with E-state index in [-0.39, 0.29) is 11.5 Å². The van der Waals surface area contributed by atoms with E-state index >= 15 is 0 Å². The Labute approximate surface area is 95.2 Å². The molecule has 0 N–H and O–H groups in total. The van der Waals surface area contributed by atoms with Crippen molar-refractivity contribution in [3.63, 3.8) is 0 Å². The number of fused-ring (bicyclic) bond motifs is 1. The number of nitrogens with zero attached hydrogens (tertiary/aromatic N) is 1. The summed E-state index contributed by atoms with van der Waals surface area (Å²) >= 11 is 3.03. The highest BCUT2D eigenvalue weighted by atomic mass is 79.9. The highest BCUT2D eigenvalue weighted by molar-refractivity contribution is 9.09. The van der Waals surface area contributed by atoms with Gasteiger partial charge in [0.2, 0.25) is 0 Å². The molecule has 4 heteroatoms. The van der Waals surface area contributed by atoms with Gasteiger partial charge in [-0.15, -0.1) is 0 Å². The van der Waals surface area contributed by atoms with Crippen LogP contribution in [0.15, 0.2) is 36.5 Å². The van der Waals surface area contributed by atoms with Crippen LogP contribution in [0.5, 0.6) is 0 Å². The zero-order valence-corrected chi connectivity index (χ0v) is 9.40. The molecular weight excluding hydrogens is 258 g/mol. The number of rotatable bonds is 2. The van der Waals surface area contributed by atoms with Gasteiger partial charge in [0.15, 0.2) is 0 Å². The zero-order chi connectivity index (χ0) is 10.7. The number of alkyl halides is 1. The number of benzene rings is 1. The van der Waals surface area contributed by atoms with E-state index in [1.807, 2.05) is 24.3 Å². The maximum absolute atomic E-state index is 11.4. The third kappa shape index (κ3) is 2.15. The zero-order valence-electron chi connectivity index (χ0n) is 7.81. The van der Waals surface area contributed by atoms with E-state index in [1.54, 1.807) is 6.07 Å². The lowest BCUT2D eigenvalue weighted by Crippen LogP contribution is -2.03. The average molecular weight is 266 g/mol. The summed E-state index contributed by atoms with van der Waals surface area (Å²) in [6, 6.07) is 9.39. The summed E-state index contributed by atoms with van der Waals surface area (Å²) in [6.07, 6.45) is 1.52. The molecule has 0 saturated heterocycles. The Morgan fingerprint density at radius 3 is 3.00 bits per heavy atom. The fourth-order valence-electron chi connectivity index (χ4n) is 1.32. The average Bonchev–Trinajstić information content (AvgIpc) is 2.29. The van der Waals surface area contributed by atoms with Crippen molar-refractivity contribution in [3.8, 4) is 0 Å². The number of esters is 1. The second-order valence-electron chi connectivity index (χ2n) is 2.96. The number of pyridine rings is 1. The van der Waals surface area contributed by atoms with Gasteiger partial charge in [-0.05, 0) is 28.1 Å². The maximum Gasteiger partial charge on any atom is 0.340 e. The summed E-state index contributed by atoms with van der Waals surface area (Å²) in [5, 5.41) is 0.932. The van der Waals surface area contributed by atoms with Gasteiger partial charge in [0, 0.05) is 11.6 Å². The van der Waals surface area contributed by atoms with E-state index in [9.17, 15) is 4.79 Å². The lowest BCUT2D eigenvalue weighted by atomic mass is 10.2. The van der Waals surface area contributed by atoms with Crippen molar-refractivity contribution in [2.24, 2.45) is 0 Å². The van der Waals surface area contributed by atoms with Crippen LogP contribution in [-0.4, -0.2) is 16.5 Å². The number of ether oxygens (including phenoxy) is 1. The predicted molar refractivity (Wildman–Crippen MR) is 61.0 cm³/mol. The predicted octanol–water partition coefficient (Wildman–Crippen LogP) is 2.74. The van der Waals surface area contributed by atoms with Crippen LogP contribution >= 0.6 is 15.9 Å². The van der Waals surface area contributed by atoms with Crippen molar-refractivity contribution in [3.05, 3.63) is 42.1 Å². The Morgan fingerprint density at radius 1 is 1.40 bits per heavy atom. The molecular formula is C11H8BrNO2. The second-order valence-corrected chi connectivity index (χ2v) is 3.42. The summed E-state index contributed by atoms with van der Waals surface area (Å²) in [4.78, 5) is 15.6. The van der Waals surface area contributed by atoms with Gasteiger partial charge >= 0.3 is 5.97 Å². The molecule has 0 amide bonds. The maximum atomic E-state index is 11.4. The topological polar surface area (TPSA) is 39.2 Å². The quantitative estimate of drug-likeness (QED) is 0.619. The molecule has 0 bridgehead atoms. The molecule has 15 heavy (non-hydrogen) atoms. The van der Waals surface area contributed by atoms with Gasteiger partial charge in [-0.3, -0.25) is 4.98 Å². The van der Waals surface area contributed by atoms with E-state index in [2.05, 4.69) is 20.9 Å². The van der Waals surface area contributed by atoms with Crippen LogP contribution in [-0.2, 0) is 4.74 Å². The van der Waals surface area contributed by atoms with Crippen molar-refractivity contribution in [1.29, 1.82) is 0 Å². The molecule has 3 nitrogen and oxygen atoms in total. The Hall–Kier alpha value is -1.42. The van der Waals surface area contributed by atoms with E-state index in [0.717, 1.165) is 10.9 Å². The van der Waals surface area contributed by atoms with Gasteiger partial charge in [0.1, 0.15) is 5.52 Å². The van der Waals surface area contributed by atoms with Crippen molar-refractivity contribution >= 4 is 32.8 Å². The number of halogens is 1. The van der Waals surface area contributed by atoms with Gasteiger partial charge in [0.25, 0.3) is 0 Å². The number of aromatic nitrogens is 1. The van der Waals surface area contributed by atoms with E-state index < -0.39 is 0 Å². The van der Waals surface area contributed by atoms with Crippen molar-refractivity contribution in [1.82, 2.24) is 4.98 Å². The molecule has 1 aromatic heterocycles. The summed E-state index contributed by atoms with van der Waals surface area (Å²) in [7, 11) is 0. The first-order chi connectivity index (χ1) is 7.31. The molecule has 0 aliphatic rings. The first-order valence-electron chi connectivity index (χ1n) is 4.39. The molecule has 76 valence electrons. The van der Waals surface area contributed by atoms with Crippen LogP contribution in [0.25, 0.3) is 10.9 Å². The fourth-order valence-corrected chi connectivity index (χ4v) is 1.52. The minimum absolute atomic E-state index is 0.193. The summed E-state index contributed by atoms with van der Waals surface area (Å²) in [5.74, 6) is -0.370. The van der Waals surface area contributed by atoms with Gasteiger partial charge in [-0.1, -0.05) is 18.2 Å². The largest absolute Gasteiger partial charge is 0.450 e. The number of para-hydroxylation sites is 1. The number of carbonyl (C=O) groups is 1. The van der Waals surface area contributed by atoms with Gasteiger partial charge in [0.05, 0.1) is 11.1 Å². The van der Waals surface area contributed by atoms with Crippen molar-refractivity contribution in [2.75, 3.05) is 5.52 Å². The van der Waals surface area contributed by atoms with Crippen molar-refractivity contribution < 1.29 is 9.53 Å². The number of hydrogen-bond acceptors (Lipinski definition) is 3. The van der Waals surface area contributed by atoms with E-state index in [4.69, 9.17) is 4.74 Å². The van der Waals surface area contributed by atoms with Crippen LogP contribution in [0.1, 0.15) is 10.4 Å². The standard InChI is InChI=1S/C11H8BrNO2/c12-7-15-11(14)9-5-8-3-1-2-4-10(8)13-6-9/h1-6H,7H2. The molecule has 0 unspecified atom stereocenters. The second kappa shape index (κ2) is 4.40. The lowest BCUT2D eigenvalue weighted by Gasteiger charge is -2.01. The smallest absolute Gasteiger partial charge is 0.340 e. The Morgan fingerprint density at radius 2 is 2.20 bits per heavy atom. The summed E-state index contributed by atoms with van der Waals surface area (Å²) < 4.78 is 4.81. The Bertz CT molecular complexity index is 499. The first-order valence-corrected chi connectivity index (χ1v) is 5.51. The number of hydrogen-bond donors (Lipinski definition) is 0. The minimum Gasteiger partial charge on any atom is -0.450 e. The third-order valence-electron chi connectivity index (χ3n) is 2.01. The normalized spacial score (nSPS) is 10.2.